The number of Topliss-reactive ketones (excluding diaryl/α,β-unsaturated/α-hetero) is 1. The Hall–Kier alpha value is -3.86. The van der Waals surface area contributed by atoms with Crippen LogP contribution in [-0.2, 0) is 0 Å². The molecule has 0 aromatic heterocycles. The van der Waals surface area contributed by atoms with Gasteiger partial charge in [-0.25, -0.2) is 4.79 Å². The molecule has 0 saturated carbocycles. The summed E-state index contributed by atoms with van der Waals surface area (Å²) < 4.78 is 16.7. The van der Waals surface area contributed by atoms with Crippen molar-refractivity contribution in [2.45, 2.75) is 13.8 Å². The summed E-state index contributed by atoms with van der Waals surface area (Å²) in [7, 11) is 1.57. The van der Waals surface area contributed by atoms with E-state index in [2.05, 4.69) is 0 Å². The second-order valence-corrected chi connectivity index (χ2v) is 7.00. The van der Waals surface area contributed by atoms with Crippen LogP contribution in [0.2, 0.25) is 0 Å². The number of rotatable bonds is 4. The first-order valence-electron chi connectivity index (χ1n) is 9.47. The molecular weight excluding hydrogens is 380 g/mol. The molecule has 30 heavy (non-hydrogen) atoms. The number of aryl methyl sites for hydroxylation is 1. The number of benzene rings is 3. The van der Waals surface area contributed by atoms with Gasteiger partial charge in [-0.2, -0.15) is 0 Å². The van der Waals surface area contributed by atoms with Gasteiger partial charge in [-0.1, -0.05) is 35.9 Å². The Morgan fingerprint density at radius 1 is 0.933 bits per heavy atom. The number of ketones is 1. The molecule has 5 nitrogen and oxygen atoms in total. The Morgan fingerprint density at radius 2 is 1.67 bits per heavy atom. The van der Waals surface area contributed by atoms with Crippen LogP contribution in [0.3, 0.4) is 0 Å². The third kappa shape index (κ3) is 3.57. The van der Waals surface area contributed by atoms with Crippen molar-refractivity contribution >= 4 is 17.8 Å². The molecule has 0 spiro atoms. The quantitative estimate of drug-likeness (QED) is 0.344. The molecule has 3 aromatic rings. The first kappa shape index (κ1) is 19.5. The lowest BCUT2D eigenvalue weighted by Gasteiger charge is -2.10. The highest BCUT2D eigenvalue weighted by Crippen LogP contribution is 2.40. The van der Waals surface area contributed by atoms with Crippen molar-refractivity contribution in [3.05, 3.63) is 94.2 Å². The van der Waals surface area contributed by atoms with Crippen LogP contribution in [0.25, 0.3) is 6.08 Å². The number of allylic oxidation sites excluding steroid dienone is 1. The normalized spacial score (nSPS) is 13.7. The number of methoxy groups -OCH3 is 1. The molecule has 150 valence electrons. The van der Waals surface area contributed by atoms with Crippen LogP contribution in [0.15, 0.2) is 66.4 Å². The number of hydrogen-bond donors (Lipinski definition) is 0. The van der Waals surface area contributed by atoms with Crippen LogP contribution in [0.5, 0.6) is 17.2 Å². The van der Waals surface area contributed by atoms with E-state index in [9.17, 15) is 9.59 Å². The van der Waals surface area contributed by atoms with Gasteiger partial charge in [0.1, 0.15) is 17.2 Å². The summed E-state index contributed by atoms with van der Waals surface area (Å²) in [6, 6.07) is 17.7. The maximum atomic E-state index is 12.8. The molecule has 1 heterocycles. The van der Waals surface area contributed by atoms with Crippen LogP contribution in [0.1, 0.15) is 37.4 Å². The Kier molecular flexibility index (Phi) is 5.11. The van der Waals surface area contributed by atoms with Gasteiger partial charge in [0.15, 0.2) is 5.76 Å². The summed E-state index contributed by atoms with van der Waals surface area (Å²) in [5.74, 6) is 0.894. The molecule has 0 amide bonds. The molecule has 4 rings (SSSR count). The van der Waals surface area contributed by atoms with Gasteiger partial charge >= 0.3 is 5.97 Å². The molecule has 1 aliphatic rings. The van der Waals surface area contributed by atoms with E-state index in [1.165, 1.54) is 0 Å². The van der Waals surface area contributed by atoms with Gasteiger partial charge in [-0.3, -0.25) is 4.79 Å². The molecule has 0 radical (unpaired) electrons. The van der Waals surface area contributed by atoms with Crippen LogP contribution in [0.4, 0.5) is 0 Å². The molecule has 3 aromatic carbocycles. The minimum atomic E-state index is -0.466. The lowest BCUT2D eigenvalue weighted by Crippen LogP contribution is -2.09. The van der Waals surface area contributed by atoms with E-state index in [0.717, 1.165) is 11.1 Å². The van der Waals surface area contributed by atoms with Gasteiger partial charge in [-0.05, 0) is 50.3 Å². The fraction of sp³-hybridized carbons (Fsp3) is 0.120. The number of carbonyl (C=O) groups excluding carboxylic acids is 2. The third-order valence-electron chi connectivity index (χ3n) is 4.95. The van der Waals surface area contributed by atoms with Gasteiger partial charge < -0.3 is 14.2 Å². The molecular formula is C25H20O5. The number of carbonyl (C=O) groups is 2. The average molecular weight is 400 g/mol. The van der Waals surface area contributed by atoms with Gasteiger partial charge in [0.25, 0.3) is 0 Å². The third-order valence-corrected chi connectivity index (χ3v) is 4.95. The van der Waals surface area contributed by atoms with Crippen molar-refractivity contribution in [1.82, 2.24) is 0 Å². The Morgan fingerprint density at radius 3 is 2.40 bits per heavy atom. The summed E-state index contributed by atoms with van der Waals surface area (Å²) >= 11 is 0. The molecule has 0 aliphatic carbocycles. The summed E-state index contributed by atoms with van der Waals surface area (Å²) in [6.07, 6.45) is 1.65. The topological polar surface area (TPSA) is 61.8 Å². The maximum Gasteiger partial charge on any atom is 0.343 e. The first-order chi connectivity index (χ1) is 14.5. The van der Waals surface area contributed by atoms with Crippen LogP contribution < -0.4 is 14.2 Å². The zero-order chi connectivity index (χ0) is 21.3. The molecule has 0 fully saturated rings. The minimum Gasteiger partial charge on any atom is -0.496 e. The standard InChI is InChI=1S/C25H20O5/c1-15-8-10-17(11-9-15)25(27)30-20-13-12-19-23(26)22(29-24(19)16(20)2)14-18-6-4-5-7-21(18)28-3/h4-14H,1-3H3/b22-14-. The van der Waals surface area contributed by atoms with Crippen LogP contribution in [-0.4, -0.2) is 18.9 Å². The number of fused-ring (bicyclic) bond motifs is 1. The highest BCUT2D eigenvalue weighted by Gasteiger charge is 2.30. The van der Waals surface area contributed by atoms with Crippen LogP contribution >= 0.6 is 0 Å². The number of esters is 1. The largest absolute Gasteiger partial charge is 0.496 e. The second-order valence-electron chi connectivity index (χ2n) is 7.00. The molecule has 1 aliphatic heterocycles. The van der Waals surface area contributed by atoms with Crippen molar-refractivity contribution in [2.75, 3.05) is 7.11 Å². The lowest BCUT2D eigenvalue weighted by atomic mass is 10.1. The van der Waals surface area contributed by atoms with Crippen molar-refractivity contribution in [1.29, 1.82) is 0 Å². The molecule has 0 saturated heterocycles. The van der Waals surface area contributed by atoms with E-state index < -0.39 is 5.97 Å². The van der Waals surface area contributed by atoms with E-state index in [4.69, 9.17) is 14.2 Å². The lowest BCUT2D eigenvalue weighted by molar-refractivity contribution is 0.0733. The number of ether oxygens (including phenoxy) is 3. The fourth-order valence-electron chi connectivity index (χ4n) is 3.25. The van der Waals surface area contributed by atoms with Gasteiger partial charge in [0.05, 0.1) is 18.2 Å². The monoisotopic (exact) mass is 400 g/mol. The fourth-order valence-corrected chi connectivity index (χ4v) is 3.25. The van der Waals surface area contributed by atoms with Crippen molar-refractivity contribution < 1.29 is 23.8 Å². The summed E-state index contributed by atoms with van der Waals surface area (Å²) in [6.45, 7) is 3.71. The number of hydrogen-bond acceptors (Lipinski definition) is 5. The first-order valence-corrected chi connectivity index (χ1v) is 9.47. The zero-order valence-corrected chi connectivity index (χ0v) is 16.9. The maximum absolute atomic E-state index is 12.8. The zero-order valence-electron chi connectivity index (χ0n) is 16.9. The Balaban J connectivity index is 1.62. The van der Waals surface area contributed by atoms with E-state index in [0.29, 0.717) is 33.9 Å². The van der Waals surface area contributed by atoms with E-state index >= 15 is 0 Å². The SMILES string of the molecule is COc1ccccc1/C=C1\Oc2c(ccc(OC(=O)c3ccc(C)cc3)c2C)C1=O. The summed E-state index contributed by atoms with van der Waals surface area (Å²) in [5, 5.41) is 0. The summed E-state index contributed by atoms with van der Waals surface area (Å²) in [5.41, 5.74) is 3.27. The molecule has 0 unspecified atom stereocenters. The average Bonchev–Trinajstić information content (AvgIpc) is 3.07. The van der Waals surface area contributed by atoms with E-state index in [1.807, 2.05) is 43.3 Å². The van der Waals surface area contributed by atoms with Crippen molar-refractivity contribution in [3.63, 3.8) is 0 Å². The Labute approximate surface area is 174 Å². The van der Waals surface area contributed by atoms with E-state index in [-0.39, 0.29) is 11.5 Å². The molecule has 5 heteroatoms. The molecule has 0 bridgehead atoms. The smallest absolute Gasteiger partial charge is 0.343 e. The predicted molar refractivity (Wildman–Crippen MR) is 113 cm³/mol. The van der Waals surface area contributed by atoms with E-state index in [1.54, 1.807) is 44.4 Å². The highest BCUT2D eigenvalue weighted by molar-refractivity contribution is 6.15. The minimum absolute atomic E-state index is 0.194. The molecule has 0 atom stereocenters. The van der Waals surface area contributed by atoms with Gasteiger partial charge in [0, 0.05) is 11.1 Å². The second kappa shape index (κ2) is 7.87. The predicted octanol–water partition coefficient (Wildman–Crippen LogP) is 5.15. The van der Waals surface area contributed by atoms with Gasteiger partial charge in [-0.15, -0.1) is 0 Å². The summed E-state index contributed by atoms with van der Waals surface area (Å²) in [4.78, 5) is 25.3. The van der Waals surface area contributed by atoms with Gasteiger partial charge in [0.2, 0.25) is 5.78 Å². The Bertz CT molecular complexity index is 1170. The molecule has 0 N–H and O–H groups in total. The number of para-hydroxylation sites is 1. The highest BCUT2D eigenvalue weighted by atomic mass is 16.5. The van der Waals surface area contributed by atoms with Crippen molar-refractivity contribution in [2.24, 2.45) is 0 Å². The van der Waals surface area contributed by atoms with Crippen molar-refractivity contribution in [3.8, 4) is 17.2 Å². The van der Waals surface area contributed by atoms with Crippen LogP contribution in [0, 0.1) is 13.8 Å².